The van der Waals surface area contributed by atoms with E-state index in [1.807, 2.05) is 6.07 Å². The highest BCUT2D eigenvalue weighted by molar-refractivity contribution is 5.40. The van der Waals surface area contributed by atoms with E-state index in [0.717, 1.165) is 6.07 Å². The molecule has 1 unspecified atom stereocenters. The smallest absolute Gasteiger partial charge is 0.200 e. The molecule has 0 aromatic heterocycles. The van der Waals surface area contributed by atoms with Gasteiger partial charge in [-0.05, 0) is 6.07 Å². The van der Waals surface area contributed by atoms with Crippen LogP contribution in [0.25, 0.3) is 0 Å². The minimum absolute atomic E-state index is 0.119. The summed E-state index contributed by atoms with van der Waals surface area (Å²) in [6.07, 6.45) is -0.366. The average molecular weight is 181 g/mol. The first-order valence-electron chi connectivity index (χ1n) is 3.75. The minimum atomic E-state index is -1.00. The molecular formula is C9H5F2NO. The molecule has 0 aliphatic carbocycles. The van der Waals surface area contributed by atoms with Gasteiger partial charge in [0.15, 0.2) is 17.7 Å². The highest BCUT2D eigenvalue weighted by atomic mass is 19.2. The van der Waals surface area contributed by atoms with Gasteiger partial charge in [0, 0.05) is 12.0 Å². The summed E-state index contributed by atoms with van der Waals surface area (Å²) in [6, 6.07) is 4.32. The number of hydrogen-bond donors (Lipinski definition) is 0. The van der Waals surface area contributed by atoms with Gasteiger partial charge in [-0.1, -0.05) is 6.07 Å². The first-order valence-corrected chi connectivity index (χ1v) is 3.75. The van der Waals surface area contributed by atoms with Gasteiger partial charge in [-0.25, -0.2) is 4.39 Å². The Hall–Kier alpha value is -1.63. The Morgan fingerprint density at radius 2 is 2.23 bits per heavy atom. The number of hydrogen-bond acceptors (Lipinski definition) is 2. The van der Waals surface area contributed by atoms with Crippen LogP contribution in [-0.2, 0) is 6.42 Å². The summed E-state index contributed by atoms with van der Waals surface area (Å²) in [6.45, 7) is 0. The van der Waals surface area contributed by atoms with Gasteiger partial charge in [-0.3, -0.25) is 0 Å². The SMILES string of the molecule is N#CC1Cc2ccc(F)c(F)c2O1. The molecule has 1 heterocycles. The Kier molecular flexibility index (Phi) is 1.66. The fourth-order valence-electron chi connectivity index (χ4n) is 1.32. The van der Waals surface area contributed by atoms with Gasteiger partial charge in [0.2, 0.25) is 5.82 Å². The van der Waals surface area contributed by atoms with E-state index in [2.05, 4.69) is 0 Å². The molecule has 1 aliphatic heterocycles. The van der Waals surface area contributed by atoms with E-state index in [1.54, 1.807) is 0 Å². The lowest BCUT2D eigenvalue weighted by Gasteiger charge is -2.01. The molecule has 0 amide bonds. The van der Waals surface area contributed by atoms with Gasteiger partial charge < -0.3 is 4.74 Å². The van der Waals surface area contributed by atoms with E-state index in [1.165, 1.54) is 6.07 Å². The molecule has 0 bridgehead atoms. The third kappa shape index (κ3) is 1.13. The van der Waals surface area contributed by atoms with E-state index >= 15 is 0 Å². The predicted octanol–water partition coefficient (Wildman–Crippen LogP) is 1.79. The number of nitriles is 1. The number of rotatable bonds is 0. The Labute approximate surface area is 73.4 Å². The van der Waals surface area contributed by atoms with Crippen molar-refractivity contribution in [3.05, 3.63) is 29.3 Å². The molecular weight excluding hydrogens is 176 g/mol. The first-order chi connectivity index (χ1) is 6.22. The lowest BCUT2D eigenvalue weighted by atomic mass is 10.1. The molecule has 66 valence electrons. The number of nitrogens with zero attached hydrogens (tertiary/aromatic N) is 1. The van der Waals surface area contributed by atoms with E-state index < -0.39 is 17.7 Å². The molecule has 2 nitrogen and oxygen atoms in total. The normalized spacial score (nSPS) is 19.0. The molecule has 4 heteroatoms. The zero-order valence-electron chi connectivity index (χ0n) is 6.55. The summed E-state index contributed by atoms with van der Waals surface area (Å²) in [4.78, 5) is 0. The van der Waals surface area contributed by atoms with Crippen LogP contribution in [0.3, 0.4) is 0 Å². The molecule has 0 saturated heterocycles. The second-order valence-corrected chi connectivity index (χ2v) is 2.79. The Bertz CT molecular complexity index is 397. The van der Waals surface area contributed by atoms with Crippen LogP contribution in [0.4, 0.5) is 8.78 Å². The summed E-state index contributed by atoms with van der Waals surface area (Å²) < 4.78 is 30.6. The number of ether oxygens (including phenoxy) is 1. The summed E-state index contributed by atoms with van der Waals surface area (Å²) in [5.74, 6) is -2.07. The third-order valence-corrected chi connectivity index (χ3v) is 1.94. The lowest BCUT2D eigenvalue weighted by Crippen LogP contribution is -2.08. The fraction of sp³-hybridized carbons (Fsp3) is 0.222. The minimum Gasteiger partial charge on any atom is -0.472 e. The molecule has 0 radical (unpaired) electrons. The van der Waals surface area contributed by atoms with Crippen molar-refractivity contribution in [1.82, 2.24) is 0 Å². The van der Waals surface area contributed by atoms with Crippen LogP contribution < -0.4 is 4.74 Å². The average Bonchev–Trinajstić information content (AvgIpc) is 2.55. The standard InChI is InChI=1S/C9H5F2NO/c10-7-2-1-5-3-6(4-12)13-9(5)8(7)11/h1-2,6H,3H2. The molecule has 0 N–H and O–H groups in total. The van der Waals surface area contributed by atoms with Crippen molar-refractivity contribution in [3.8, 4) is 11.8 Å². The van der Waals surface area contributed by atoms with E-state index in [9.17, 15) is 8.78 Å². The summed E-state index contributed by atoms with van der Waals surface area (Å²) in [5.41, 5.74) is 0.547. The van der Waals surface area contributed by atoms with Crippen LogP contribution in [0.1, 0.15) is 5.56 Å². The Balaban J connectivity index is 2.48. The molecule has 1 aromatic rings. The predicted molar refractivity (Wildman–Crippen MR) is 40.1 cm³/mol. The van der Waals surface area contributed by atoms with Crippen molar-refractivity contribution in [2.75, 3.05) is 0 Å². The maximum atomic E-state index is 13.0. The summed E-state index contributed by atoms with van der Waals surface area (Å²) in [7, 11) is 0. The topological polar surface area (TPSA) is 33.0 Å². The van der Waals surface area contributed by atoms with Crippen LogP contribution in [-0.4, -0.2) is 6.10 Å². The fourth-order valence-corrected chi connectivity index (χ4v) is 1.32. The van der Waals surface area contributed by atoms with Crippen molar-refractivity contribution in [3.63, 3.8) is 0 Å². The van der Waals surface area contributed by atoms with Gasteiger partial charge in [0.1, 0.15) is 6.07 Å². The van der Waals surface area contributed by atoms with E-state index in [4.69, 9.17) is 10.00 Å². The second-order valence-electron chi connectivity index (χ2n) is 2.79. The van der Waals surface area contributed by atoms with Crippen molar-refractivity contribution in [2.24, 2.45) is 0 Å². The van der Waals surface area contributed by atoms with Gasteiger partial charge in [0.05, 0.1) is 0 Å². The molecule has 13 heavy (non-hydrogen) atoms. The van der Waals surface area contributed by atoms with Crippen molar-refractivity contribution in [2.45, 2.75) is 12.5 Å². The van der Waals surface area contributed by atoms with Crippen LogP contribution in [0.5, 0.6) is 5.75 Å². The van der Waals surface area contributed by atoms with Crippen LogP contribution in [0.15, 0.2) is 12.1 Å². The highest BCUT2D eigenvalue weighted by Gasteiger charge is 2.27. The third-order valence-electron chi connectivity index (χ3n) is 1.94. The lowest BCUT2D eigenvalue weighted by molar-refractivity contribution is 0.274. The van der Waals surface area contributed by atoms with Gasteiger partial charge in [0.25, 0.3) is 0 Å². The highest BCUT2D eigenvalue weighted by Crippen LogP contribution is 2.32. The van der Waals surface area contributed by atoms with Crippen molar-refractivity contribution >= 4 is 0 Å². The van der Waals surface area contributed by atoms with Crippen LogP contribution in [0.2, 0.25) is 0 Å². The Morgan fingerprint density at radius 3 is 2.92 bits per heavy atom. The molecule has 0 saturated carbocycles. The summed E-state index contributed by atoms with van der Waals surface area (Å²) in [5, 5.41) is 8.51. The zero-order chi connectivity index (χ0) is 9.42. The molecule has 0 spiro atoms. The molecule has 1 aromatic carbocycles. The Morgan fingerprint density at radius 1 is 1.46 bits per heavy atom. The largest absolute Gasteiger partial charge is 0.472 e. The molecule has 0 fully saturated rings. The number of benzene rings is 1. The van der Waals surface area contributed by atoms with Crippen LogP contribution >= 0.6 is 0 Å². The van der Waals surface area contributed by atoms with E-state index in [0.29, 0.717) is 12.0 Å². The molecule has 2 rings (SSSR count). The number of fused-ring (bicyclic) bond motifs is 1. The van der Waals surface area contributed by atoms with E-state index in [-0.39, 0.29) is 5.75 Å². The van der Waals surface area contributed by atoms with Crippen LogP contribution in [0, 0.1) is 23.0 Å². The number of halogens is 2. The zero-order valence-corrected chi connectivity index (χ0v) is 6.55. The van der Waals surface area contributed by atoms with Crippen molar-refractivity contribution in [1.29, 1.82) is 5.26 Å². The van der Waals surface area contributed by atoms with Gasteiger partial charge in [-0.15, -0.1) is 0 Å². The van der Waals surface area contributed by atoms with Gasteiger partial charge >= 0.3 is 0 Å². The first kappa shape index (κ1) is 7.99. The molecule has 1 atom stereocenters. The second kappa shape index (κ2) is 2.70. The maximum absolute atomic E-state index is 13.0. The van der Waals surface area contributed by atoms with Gasteiger partial charge in [-0.2, -0.15) is 9.65 Å². The maximum Gasteiger partial charge on any atom is 0.200 e. The summed E-state index contributed by atoms with van der Waals surface area (Å²) >= 11 is 0. The molecule has 1 aliphatic rings. The monoisotopic (exact) mass is 181 g/mol. The van der Waals surface area contributed by atoms with Crippen molar-refractivity contribution < 1.29 is 13.5 Å². The quantitative estimate of drug-likeness (QED) is 0.611.